The Morgan fingerprint density at radius 2 is 1.96 bits per heavy atom. The Morgan fingerprint density at radius 1 is 1.26 bits per heavy atom. The molecule has 0 aromatic carbocycles. The molecule has 2 atom stereocenters. The monoisotopic (exact) mass is 397 g/mol. The number of nitrogens with one attached hydrogen (secondary N) is 1. The number of halogens is 2. The lowest BCUT2D eigenvalue weighted by Crippen LogP contribution is -2.43. The highest BCUT2D eigenvalue weighted by molar-refractivity contribution is 7.97. The van der Waals surface area contributed by atoms with Gasteiger partial charge in [0.25, 0.3) is 0 Å². The average Bonchev–Trinajstić information content (AvgIpc) is 2.61. The molecule has 0 unspecified atom stereocenters. The molecule has 3 N–H and O–H groups in total. The zero-order valence-electron chi connectivity index (χ0n) is 16.0. The van der Waals surface area contributed by atoms with Gasteiger partial charge in [0.05, 0.1) is 0 Å². The third-order valence-corrected chi connectivity index (χ3v) is 6.79. The lowest BCUT2D eigenvalue weighted by molar-refractivity contribution is -0.134. The normalized spacial score (nSPS) is 27.9. The second-order valence-electron chi connectivity index (χ2n) is 8.86. The molecule has 7 heteroatoms. The number of nitrogens with two attached hydrogens (primary N) is 1. The maximum atomic E-state index is 14.1. The molecule has 1 aromatic rings. The SMILES string of the molecule is CC1(C)CCC([C@@H]2CCC(F)(F)C[C@H]2C(=O)Nc2ccnc(SN)c2)CC1. The molecule has 2 fully saturated rings. The molecule has 150 valence electrons. The van der Waals surface area contributed by atoms with Crippen LogP contribution in [0.5, 0.6) is 0 Å². The van der Waals surface area contributed by atoms with E-state index in [-0.39, 0.29) is 24.7 Å². The number of pyridine rings is 1. The molecule has 1 amide bonds. The molecule has 3 rings (SSSR count). The van der Waals surface area contributed by atoms with Crippen molar-refractivity contribution in [3.63, 3.8) is 0 Å². The van der Waals surface area contributed by atoms with Gasteiger partial charge < -0.3 is 5.32 Å². The van der Waals surface area contributed by atoms with Gasteiger partial charge in [0.1, 0.15) is 5.03 Å². The fourth-order valence-electron chi connectivity index (χ4n) is 4.64. The summed E-state index contributed by atoms with van der Waals surface area (Å²) in [4.78, 5) is 17.0. The minimum atomic E-state index is -2.76. The number of alkyl halides is 2. The summed E-state index contributed by atoms with van der Waals surface area (Å²) in [5, 5.41) is 8.92. The van der Waals surface area contributed by atoms with Crippen LogP contribution < -0.4 is 10.5 Å². The maximum absolute atomic E-state index is 14.1. The summed E-state index contributed by atoms with van der Waals surface area (Å²) in [6.45, 7) is 4.53. The Morgan fingerprint density at radius 3 is 2.63 bits per heavy atom. The number of carbonyl (C=O) groups excluding carboxylic acids is 1. The van der Waals surface area contributed by atoms with Crippen LogP contribution in [-0.2, 0) is 4.79 Å². The van der Waals surface area contributed by atoms with Crippen LogP contribution in [0.25, 0.3) is 0 Å². The van der Waals surface area contributed by atoms with E-state index in [1.165, 1.54) is 0 Å². The molecule has 2 aliphatic carbocycles. The first-order valence-electron chi connectivity index (χ1n) is 9.71. The van der Waals surface area contributed by atoms with Crippen LogP contribution in [0.4, 0.5) is 14.5 Å². The zero-order valence-corrected chi connectivity index (χ0v) is 16.8. The van der Waals surface area contributed by atoms with Crippen molar-refractivity contribution in [1.82, 2.24) is 4.98 Å². The van der Waals surface area contributed by atoms with Crippen molar-refractivity contribution in [2.24, 2.45) is 28.3 Å². The van der Waals surface area contributed by atoms with Gasteiger partial charge in [0, 0.05) is 30.6 Å². The fourth-order valence-corrected chi connectivity index (χ4v) is 4.96. The number of anilines is 1. The summed E-state index contributed by atoms with van der Waals surface area (Å²) in [5.74, 6) is -3.32. The third kappa shape index (κ3) is 5.19. The van der Waals surface area contributed by atoms with Crippen LogP contribution in [0, 0.1) is 23.2 Å². The predicted molar refractivity (Wildman–Crippen MR) is 104 cm³/mol. The summed E-state index contributed by atoms with van der Waals surface area (Å²) in [6.07, 6.45) is 5.77. The van der Waals surface area contributed by atoms with E-state index in [2.05, 4.69) is 24.1 Å². The molecule has 1 heterocycles. The first-order valence-corrected chi connectivity index (χ1v) is 10.6. The van der Waals surface area contributed by atoms with Crippen LogP contribution >= 0.6 is 11.9 Å². The Balaban J connectivity index is 1.74. The highest BCUT2D eigenvalue weighted by Crippen LogP contribution is 2.49. The summed E-state index contributed by atoms with van der Waals surface area (Å²) in [6, 6.07) is 3.33. The smallest absolute Gasteiger partial charge is 0.248 e. The molecule has 0 aliphatic heterocycles. The second kappa shape index (κ2) is 8.03. The first kappa shape index (κ1) is 20.5. The van der Waals surface area contributed by atoms with E-state index < -0.39 is 11.8 Å². The van der Waals surface area contributed by atoms with Crippen molar-refractivity contribution in [3.8, 4) is 0 Å². The van der Waals surface area contributed by atoms with Gasteiger partial charge in [-0.05, 0) is 73.4 Å². The topological polar surface area (TPSA) is 68.0 Å². The van der Waals surface area contributed by atoms with Crippen molar-refractivity contribution in [1.29, 1.82) is 0 Å². The van der Waals surface area contributed by atoms with Crippen molar-refractivity contribution in [2.45, 2.75) is 69.7 Å². The van der Waals surface area contributed by atoms with E-state index in [0.717, 1.165) is 37.6 Å². The molecule has 1 aromatic heterocycles. The zero-order chi connectivity index (χ0) is 19.7. The number of hydrogen-bond donors (Lipinski definition) is 2. The van der Waals surface area contributed by atoms with Gasteiger partial charge in [-0.1, -0.05) is 13.8 Å². The quantitative estimate of drug-likeness (QED) is 0.681. The molecular formula is C20H29F2N3OS. The predicted octanol–water partition coefficient (Wildman–Crippen LogP) is 5.25. The van der Waals surface area contributed by atoms with Gasteiger partial charge in [0.15, 0.2) is 0 Å². The average molecular weight is 398 g/mol. The summed E-state index contributed by atoms with van der Waals surface area (Å²) in [5.41, 5.74) is 0.876. The highest BCUT2D eigenvalue weighted by Gasteiger charge is 2.47. The van der Waals surface area contributed by atoms with E-state index in [1.807, 2.05) is 0 Å². The molecule has 4 nitrogen and oxygen atoms in total. The molecule has 0 spiro atoms. The number of amides is 1. The van der Waals surface area contributed by atoms with Crippen LogP contribution in [0.1, 0.15) is 58.8 Å². The van der Waals surface area contributed by atoms with Crippen LogP contribution in [0.15, 0.2) is 23.4 Å². The van der Waals surface area contributed by atoms with E-state index in [1.54, 1.807) is 18.3 Å². The molecule has 2 saturated carbocycles. The first-order chi connectivity index (χ1) is 12.7. The van der Waals surface area contributed by atoms with Gasteiger partial charge in [-0.15, -0.1) is 0 Å². The van der Waals surface area contributed by atoms with Gasteiger partial charge in [-0.2, -0.15) is 0 Å². The van der Waals surface area contributed by atoms with Crippen LogP contribution in [0.2, 0.25) is 0 Å². The molecule has 27 heavy (non-hydrogen) atoms. The Bertz CT molecular complexity index is 673. The van der Waals surface area contributed by atoms with Gasteiger partial charge in [-0.25, -0.2) is 13.8 Å². The highest BCUT2D eigenvalue weighted by atomic mass is 32.2. The molecule has 0 bridgehead atoms. The fraction of sp³-hybridized carbons (Fsp3) is 0.700. The summed E-state index contributed by atoms with van der Waals surface area (Å²) < 4.78 is 28.3. The summed E-state index contributed by atoms with van der Waals surface area (Å²) >= 11 is 0.986. The molecule has 2 aliphatic rings. The lowest BCUT2D eigenvalue weighted by atomic mass is 9.63. The largest absolute Gasteiger partial charge is 0.326 e. The summed E-state index contributed by atoms with van der Waals surface area (Å²) in [7, 11) is 0. The van der Waals surface area contributed by atoms with Crippen molar-refractivity contribution in [3.05, 3.63) is 18.3 Å². The van der Waals surface area contributed by atoms with Gasteiger partial charge in [-0.3, -0.25) is 9.93 Å². The minimum Gasteiger partial charge on any atom is -0.326 e. The lowest BCUT2D eigenvalue weighted by Gasteiger charge is -2.43. The van der Waals surface area contributed by atoms with E-state index in [0.29, 0.717) is 28.5 Å². The maximum Gasteiger partial charge on any atom is 0.248 e. The minimum absolute atomic E-state index is 0.0333. The third-order valence-electron chi connectivity index (χ3n) is 6.33. The Hall–Kier alpha value is -1.21. The standard InChI is InChI=1S/C20H29F2N3OS/c1-19(2)7-3-13(4-8-19)15-5-9-20(21,22)12-16(15)18(26)25-14-6-10-24-17(11-14)27-23/h6,10-11,13,15-16H,3-5,7-9,12,23H2,1-2H3,(H,24,25,26)/t15-,16+/m0/s1. The van der Waals surface area contributed by atoms with Crippen molar-refractivity contribution in [2.75, 3.05) is 5.32 Å². The van der Waals surface area contributed by atoms with Crippen molar-refractivity contribution < 1.29 is 13.6 Å². The van der Waals surface area contributed by atoms with E-state index in [9.17, 15) is 13.6 Å². The number of hydrogen-bond acceptors (Lipinski definition) is 4. The second-order valence-corrected chi connectivity index (χ2v) is 9.51. The molecule has 0 saturated heterocycles. The van der Waals surface area contributed by atoms with Crippen LogP contribution in [0.3, 0.4) is 0 Å². The Kier molecular flexibility index (Phi) is 6.11. The molecule has 0 radical (unpaired) electrons. The van der Waals surface area contributed by atoms with Crippen molar-refractivity contribution >= 4 is 23.5 Å². The van der Waals surface area contributed by atoms with E-state index >= 15 is 0 Å². The van der Waals surface area contributed by atoms with Gasteiger partial charge in [0.2, 0.25) is 11.8 Å². The number of nitrogens with zero attached hydrogens (tertiary/aromatic N) is 1. The molecular weight excluding hydrogens is 368 g/mol. The number of aromatic nitrogens is 1. The Labute approximate surface area is 164 Å². The number of carbonyl (C=O) groups is 1. The number of rotatable bonds is 4. The van der Waals surface area contributed by atoms with Crippen LogP contribution in [-0.4, -0.2) is 16.8 Å². The van der Waals surface area contributed by atoms with E-state index in [4.69, 9.17) is 5.14 Å². The van der Waals surface area contributed by atoms with Gasteiger partial charge >= 0.3 is 0 Å².